The third-order valence-corrected chi connectivity index (χ3v) is 3.03. The van der Waals surface area contributed by atoms with E-state index in [0.29, 0.717) is 12.3 Å². The van der Waals surface area contributed by atoms with Crippen LogP contribution in [0.5, 0.6) is 5.75 Å². The number of carbonyl (C=O) groups is 1. The second kappa shape index (κ2) is 4.52. The molecule has 1 aromatic carbocycles. The molecule has 84 valence electrons. The molecule has 1 unspecified atom stereocenters. The van der Waals surface area contributed by atoms with Gasteiger partial charge in [0, 0.05) is 6.42 Å². The first-order valence-corrected chi connectivity index (χ1v) is 5.68. The van der Waals surface area contributed by atoms with Crippen molar-refractivity contribution in [3.05, 3.63) is 35.4 Å². The van der Waals surface area contributed by atoms with Gasteiger partial charge < -0.3 is 5.11 Å². The molecule has 2 rings (SSSR count). The van der Waals surface area contributed by atoms with Crippen LogP contribution in [0.1, 0.15) is 31.7 Å². The van der Waals surface area contributed by atoms with Gasteiger partial charge in [-0.05, 0) is 48.1 Å². The molecular formula is C14H16O2. The van der Waals surface area contributed by atoms with Crippen LogP contribution < -0.4 is 0 Å². The fourth-order valence-corrected chi connectivity index (χ4v) is 2.02. The van der Waals surface area contributed by atoms with Gasteiger partial charge >= 0.3 is 0 Å². The number of phenols is 1. The minimum Gasteiger partial charge on any atom is -0.508 e. The molecule has 0 bridgehead atoms. The minimum atomic E-state index is 0.255. The Hall–Kier alpha value is -1.57. The fraction of sp³-hybridized carbons (Fsp3) is 0.357. The third-order valence-electron chi connectivity index (χ3n) is 3.03. The molecule has 0 saturated heterocycles. The van der Waals surface area contributed by atoms with E-state index in [2.05, 4.69) is 6.92 Å². The van der Waals surface area contributed by atoms with E-state index in [4.69, 9.17) is 5.11 Å². The van der Waals surface area contributed by atoms with Gasteiger partial charge in [0.1, 0.15) is 5.75 Å². The summed E-state index contributed by atoms with van der Waals surface area (Å²) in [6.07, 6.45) is 4.58. The molecule has 1 fully saturated rings. The maximum atomic E-state index is 11.8. The topological polar surface area (TPSA) is 37.3 Å². The number of aromatic hydroxyl groups is 1. The molecule has 1 aromatic rings. The lowest BCUT2D eigenvalue weighted by molar-refractivity contribution is -0.117. The summed E-state index contributed by atoms with van der Waals surface area (Å²) >= 11 is 0. The molecule has 1 N–H and O–H groups in total. The third kappa shape index (κ3) is 2.51. The van der Waals surface area contributed by atoms with Crippen LogP contribution in [0.4, 0.5) is 0 Å². The van der Waals surface area contributed by atoms with Crippen LogP contribution in [0.3, 0.4) is 0 Å². The van der Waals surface area contributed by atoms with Gasteiger partial charge in [-0.2, -0.15) is 0 Å². The number of allylic oxidation sites excluding steroid dienone is 1. The van der Waals surface area contributed by atoms with E-state index < -0.39 is 0 Å². The summed E-state index contributed by atoms with van der Waals surface area (Å²) in [5.41, 5.74) is 1.90. The lowest BCUT2D eigenvalue weighted by atomic mass is 9.85. The van der Waals surface area contributed by atoms with E-state index in [-0.39, 0.29) is 11.5 Å². The first-order chi connectivity index (χ1) is 7.65. The number of carbonyl (C=O) groups excluding carboxylic acids is 1. The first kappa shape index (κ1) is 10.9. The first-order valence-electron chi connectivity index (χ1n) is 5.68. The van der Waals surface area contributed by atoms with Crippen LogP contribution in [0.15, 0.2) is 29.8 Å². The van der Waals surface area contributed by atoms with Crippen molar-refractivity contribution in [3.63, 3.8) is 0 Å². The van der Waals surface area contributed by atoms with Crippen molar-refractivity contribution in [1.82, 2.24) is 0 Å². The molecule has 2 heteroatoms. The van der Waals surface area contributed by atoms with Crippen LogP contribution in [0.25, 0.3) is 6.08 Å². The number of hydrogen-bond donors (Lipinski definition) is 1. The number of hydrogen-bond acceptors (Lipinski definition) is 2. The van der Waals surface area contributed by atoms with Gasteiger partial charge in [0.15, 0.2) is 5.78 Å². The molecule has 0 aliphatic heterocycles. The minimum absolute atomic E-state index is 0.255. The van der Waals surface area contributed by atoms with Gasteiger partial charge in [-0.3, -0.25) is 4.79 Å². The quantitative estimate of drug-likeness (QED) is 0.732. The standard InChI is InChI=1S/C14H16O2/c1-10-2-5-12(14(16)8-10)9-11-3-6-13(15)7-4-11/h3-4,6-7,9-10,15H,2,5,8H2,1H3/b12-9+. The predicted molar refractivity (Wildman–Crippen MR) is 64.1 cm³/mol. The Balaban J connectivity index is 2.18. The fourth-order valence-electron chi connectivity index (χ4n) is 2.02. The Bertz CT molecular complexity index is 415. The molecule has 0 amide bonds. The molecule has 1 saturated carbocycles. The molecule has 2 nitrogen and oxygen atoms in total. The SMILES string of the molecule is CC1CC/C(=C\c2ccc(O)cc2)C(=O)C1. The van der Waals surface area contributed by atoms with Crippen LogP contribution in [-0.4, -0.2) is 10.9 Å². The zero-order valence-electron chi connectivity index (χ0n) is 9.44. The molecule has 1 aliphatic carbocycles. The van der Waals surface area contributed by atoms with E-state index >= 15 is 0 Å². The van der Waals surface area contributed by atoms with Crippen LogP contribution in [0.2, 0.25) is 0 Å². The highest BCUT2D eigenvalue weighted by Gasteiger charge is 2.20. The van der Waals surface area contributed by atoms with Gasteiger partial charge in [0.05, 0.1) is 0 Å². The van der Waals surface area contributed by atoms with Crippen molar-refractivity contribution in [2.75, 3.05) is 0 Å². The molecular weight excluding hydrogens is 200 g/mol. The highest BCUT2D eigenvalue weighted by molar-refractivity contribution is 6.00. The summed E-state index contributed by atoms with van der Waals surface area (Å²) in [7, 11) is 0. The number of Topliss-reactive ketones (excluding diaryl/α,β-unsaturated/α-hetero) is 1. The van der Waals surface area contributed by atoms with E-state index in [9.17, 15) is 4.79 Å². The zero-order valence-corrected chi connectivity index (χ0v) is 9.44. The Labute approximate surface area is 95.6 Å². The summed E-state index contributed by atoms with van der Waals surface area (Å²) < 4.78 is 0. The second-order valence-electron chi connectivity index (χ2n) is 4.53. The van der Waals surface area contributed by atoms with E-state index in [1.807, 2.05) is 18.2 Å². The smallest absolute Gasteiger partial charge is 0.159 e. The molecule has 0 spiro atoms. The summed E-state index contributed by atoms with van der Waals surface area (Å²) in [6.45, 7) is 2.12. The normalized spacial score (nSPS) is 23.7. The highest BCUT2D eigenvalue weighted by Crippen LogP contribution is 2.26. The Morgan fingerprint density at radius 2 is 2.00 bits per heavy atom. The van der Waals surface area contributed by atoms with Gasteiger partial charge in [-0.25, -0.2) is 0 Å². The summed E-state index contributed by atoms with van der Waals surface area (Å²) in [5, 5.41) is 9.16. The molecule has 0 radical (unpaired) electrons. The monoisotopic (exact) mass is 216 g/mol. The molecule has 1 aliphatic rings. The van der Waals surface area contributed by atoms with Crippen molar-refractivity contribution >= 4 is 11.9 Å². The van der Waals surface area contributed by atoms with E-state index in [1.54, 1.807) is 12.1 Å². The average molecular weight is 216 g/mol. The number of ketones is 1. The van der Waals surface area contributed by atoms with Crippen molar-refractivity contribution in [1.29, 1.82) is 0 Å². The van der Waals surface area contributed by atoms with Crippen molar-refractivity contribution < 1.29 is 9.90 Å². The van der Waals surface area contributed by atoms with E-state index in [1.165, 1.54) is 0 Å². The van der Waals surface area contributed by atoms with Crippen molar-refractivity contribution in [2.24, 2.45) is 5.92 Å². The van der Waals surface area contributed by atoms with Crippen LogP contribution >= 0.6 is 0 Å². The highest BCUT2D eigenvalue weighted by atomic mass is 16.3. The van der Waals surface area contributed by atoms with E-state index in [0.717, 1.165) is 24.0 Å². The van der Waals surface area contributed by atoms with Crippen LogP contribution in [-0.2, 0) is 4.79 Å². The lowest BCUT2D eigenvalue weighted by Crippen LogP contribution is -2.15. The van der Waals surface area contributed by atoms with Crippen molar-refractivity contribution in [2.45, 2.75) is 26.2 Å². The second-order valence-corrected chi connectivity index (χ2v) is 4.53. The average Bonchev–Trinajstić information content (AvgIpc) is 2.25. The summed E-state index contributed by atoms with van der Waals surface area (Å²) in [6, 6.07) is 6.94. The molecule has 0 aromatic heterocycles. The van der Waals surface area contributed by atoms with Crippen molar-refractivity contribution in [3.8, 4) is 5.75 Å². The maximum absolute atomic E-state index is 11.8. The number of rotatable bonds is 1. The Kier molecular flexibility index (Phi) is 3.09. The van der Waals surface area contributed by atoms with Gasteiger partial charge in [0.25, 0.3) is 0 Å². The van der Waals surface area contributed by atoms with Gasteiger partial charge in [0.2, 0.25) is 0 Å². The maximum Gasteiger partial charge on any atom is 0.159 e. The molecule has 16 heavy (non-hydrogen) atoms. The zero-order chi connectivity index (χ0) is 11.5. The molecule has 0 heterocycles. The molecule has 1 atom stereocenters. The van der Waals surface area contributed by atoms with Gasteiger partial charge in [-0.1, -0.05) is 19.1 Å². The largest absolute Gasteiger partial charge is 0.508 e. The number of phenolic OH excluding ortho intramolecular Hbond substituents is 1. The number of benzene rings is 1. The Morgan fingerprint density at radius 1 is 1.31 bits per heavy atom. The summed E-state index contributed by atoms with van der Waals surface area (Å²) in [5.74, 6) is 1.04. The van der Waals surface area contributed by atoms with Crippen LogP contribution in [0, 0.1) is 5.92 Å². The lowest BCUT2D eigenvalue weighted by Gasteiger charge is -2.18. The predicted octanol–water partition coefficient (Wildman–Crippen LogP) is 3.16. The summed E-state index contributed by atoms with van der Waals surface area (Å²) in [4.78, 5) is 11.8. The van der Waals surface area contributed by atoms with Gasteiger partial charge in [-0.15, -0.1) is 0 Å². The Morgan fingerprint density at radius 3 is 2.62 bits per heavy atom.